The lowest BCUT2D eigenvalue weighted by Gasteiger charge is -2.15. The van der Waals surface area contributed by atoms with Crippen molar-refractivity contribution in [1.82, 2.24) is 29.5 Å². The quantitative estimate of drug-likeness (QED) is 0.177. The predicted octanol–water partition coefficient (Wildman–Crippen LogP) is 6.42. The Morgan fingerprint density at radius 1 is 0.977 bits per heavy atom. The molecule has 0 spiro atoms. The normalized spacial score (nSPS) is 11.6. The first kappa shape index (κ1) is 27.4. The number of anilines is 4. The molecule has 0 saturated carbocycles. The fraction of sp³-hybridized carbons (Fsp3) is 0.100. The first-order chi connectivity index (χ1) is 20.6. The number of rotatable bonds is 6. The highest BCUT2D eigenvalue weighted by atomic mass is 19.4. The summed E-state index contributed by atoms with van der Waals surface area (Å²) in [4.78, 5) is 33.1. The van der Waals surface area contributed by atoms with E-state index in [9.17, 15) is 18.0 Å². The Bertz CT molecular complexity index is 2000. The number of carbonyl (C=O) groups excluding carboxylic acids is 1. The number of amides is 1. The van der Waals surface area contributed by atoms with Crippen LogP contribution in [0.2, 0.25) is 0 Å². The number of imidazole rings is 2. The number of carbonyl (C=O) groups is 1. The van der Waals surface area contributed by atoms with Gasteiger partial charge < -0.3 is 21.4 Å². The van der Waals surface area contributed by atoms with Crippen LogP contribution in [-0.2, 0) is 6.18 Å². The van der Waals surface area contributed by atoms with Crippen LogP contribution in [0.3, 0.4) is 0 Å². The van der Waals surface area contributed by atoms with Gasteiger partial charge >= 0.3 is 6.18 Å². The van der Waals surface area contributed by atoms with Crippen molar-refractivity contribution < 1.29 is 18.0 Å². The highest BCUT2D eigenvalue weighted by Gasteiger charge is 2.34. The highest BCUT2D eigenvalue weighted by Crippen LogP contribution is 2.38. The van der Waals surface area contributed by atoms with Gasteiger partial charge in [0.1, 0.15) is 23.8 Å². The molecule has 0 aliphatic carbocycles. The van der Waals surface area contributed by atoms with Crippen molar-refractivity contribution in [3.63, 3.8) is 0 Å². The summed E-state index contributed by atoms with van der Waals surface area (Å²) in [7, 11) is 0. The summed E-state index contributed by atoms with van der Waals surface area (Å²) in [5.41, 5.74) is 8.11. The van der Waals surface area contributed by atoms with Crippen LogP contribution in [0.25, 0.3) is 28.1 Å². The number of alkyl halides is 3. The molecule has 0 aliphatic heterocycles. The van der Waals surface area contributed by atoms with E-state index in [0.29, 0.717) is 28.8 Å². The zero-order valence-electron chi connectivity index (χ0n) is 22.9. The molecule has 10 nitrogen and oxygen atoms in total. The summed E-state index contributed by atoms with van der Waals surface area (Å²) in [6, 6.07) is 17.6. The largest absolute Gasteiger partial charge is 0.417 e. The number of benzene rings is 3. The molecule has 0 radical (unpaired) electrons. The lowest BCUT2D eigenvalue weighted by atomic mass is 10.0. The number of nitrogen functional groups attached to an aromatic ring is 1. The monoisotopic (exact) mass is 583 g/mol. The molecule has 216 valence electrons. The molecule has 3 aromatic heterocycles. The Labute approximate surface area is 242 Å². The summed E-state index contributed by atoms with van der Waals surface area (Å²) in [5, 5.41) is 5.86. The van der Waals surface area contributed by atoms with Gasteiger partial charge in [0.25, 0.3) is 5.91 Å². The molecule has 5 N–H and O–H groups in total. The maximum Gasteiger partial charge on any atom is 0.417 e. The molecule has 0 unspecified atom stereocenters. The zero-order valence-corrected chi connectivity index (χ0v) is 22.9. The number of halogens is 3. The summed E-state index contributed by atoms with van der Waals surface area (Å²) in [5.74, 6) is 1.09. The third-order valence-corrected chi connectivity index (χ3v) is 6.77. The van der Waals surface area contributed by atoms with E-state index in [0.717, 1.165) is 17.1 Å². The Balaban J connectivity index is 1.32. The van der Waals surface area contributed by atoms with Crippen molar-refractivity contribution in [2.45, 2.75) is 20.0 Å². The molecule has 43 heavy (non-hydrogen) atoms. The minimum absolute atomic E-state index is 0.00782. The molecule has 3 heterocycles. The predicted molar refractivity (Wildman–Crippen MR) is 157 cm³/mol. The number of nitrogens with two attached hydrogens (primary N) is 1. The van der Waals surface area contributed by atoms with Crippen LogP contribution >= 0.6 is 0 Å². The number of para-hydroxylation sites is 2. The number of hydrogen-bond acceptors (Lipinski definition) is 7. The summed E-state index contributed by atoms with van der Waals surface area (Å²) in [6.45, 7) is 3.50. The van der Waals surface area contributed by atoms with Crippen LogP contribution in [0.5, 0.6) is 0 Å². The number of aromatic amines is 1. The molecule has 0 saturated heterocycles. The highest BCUT2D eigenvalue weighted by molar-refractivity contribution is 6.05. The van der Waals surface area contributed by atoms with Crippen LogP contribution in [0.4, 0.5) is 36.3 Å². The Morgan fingerprint density at radius 2 is 1.79 bits per heavy atom. The first-order valence-electron chi connectivity index (χ1n) is 13.0. The molecule has 1 amide bonds. The third-order valence-electron chi connectivity index (χ3n) is 6.77. The molecule has 6 aromatic rings. The molecule has 0 aliphatic rings. The number of aromatic nitrogens is 6. The van der Waals surface area contributed by atoms with E-state index in [1.165, 1.54) is 24.7 Å². The summed E-state index contributed by atoms with van der Waals surface area (Å²) in [6.07, 6.45) is -1.90. The van der Waals surface area contributed by atoms with Gasteiger partial charge in [0.15, 0.2) is 0 Å². The second kappa shape index (κ2) is 10.6. The van der Waals surface area contributed by atoms with Gasteiger partial charge in [0.05, 0.1) is 22.3 Å². The minimum Gasteiger partial charge on any atom is -0.384 e. The molecule has 3 aromatic carbocycles. The average Bonchev–Trinajstić information content (AvgIpc) is 3.56. The van der Waals surface area contributed by atoms with E-state index < -0.39 is 17.6 Å². The van der Waals surface area contributed by atoms with Crippen LogP contribution in [0, 0.1) is 13.8 Å². The number of aryl methyl sites for hydroxylation is 2. The van der Waals surface area contributed by atoms with Crippen LogP contribution in [0.1, 0.15) is 27.3 Å². The van der Waals surface area contributed by atoms with Crippen molar-refractivity contribution in [2.75, 3.05) is 16.4 Å². The average molecular weight is 584 g/mol. The molecule has 0 bridgehead atoms. The second-order valence-electron chi connectivity index (χ2n) is 9.80. The fourth-order valence-corrected chi connectivity index (χ4v) is 4.68. The minimum atomic E-state index is -4.66. The van der Waals surface area contributed by atoms with E-state index >= 15 is 0 Å². The van der Waals surface area contributed by atoms with Gasteiger partial charge in [0, 0.05) is 34.8 Å². The van der Waals surface area contributed by atoms with Gasteiger partial charge in [-0.2, -0.15) is 13.2 Å². The topological polar surface area (TPSA) is 139 Å². The van der Waals surface area contributed by atoms with Crippen molar-refractivity contribution in [1.29, 1.82) is 0 Å². The molecular formula is C30H24F3N9O. The Hall–Kier alpha value is -5.72. The maximum atomic E-state index is 14.0. The van der Waals surface area contributed by atoms with Gasteiger partial charge in [-0.25, -0.2) is 19.9 Å². The standard InChI is InChI=1S/C30H24F3N9O/c1-16-7-8-18(28(43)39-19-9-10-20(21(12-19)30(31,32)33)24-14-35-17(2)38-24)11-23(16)41-29-40-22-5-3-4-6-25(22)42(29)27-13-26(34)36-15-37-27/h3-15H,1-2H3,(H,35,38)(H,39,43)(H,40,41)(H2,34,36,37). The Kier molecular flexibility index (Phi) is 6.76. The number of hydrogen-bond donors (Lipinski definition) is 4. The van der Waals surface area contributed by atoms with Crippen molar-refractivity contribution >= 4 is 40.1 Å². The number of nitrogens with zero attached hydrogens (tertiary/aromatic N) is 5. The van der Waals surface area contributed by atoms with Crippen LogP contribution in [-0.4, -0.2) is 35.4 Å². The number of fused-ring (bicyclic) bond motifs is 1. The van der Waals surface area contributed by atoms with Crippen molar-refractivity contribution in [3.8, 4) is 17.1 Å². The fourth-order valence-electron chi connectivity index (χ4n) is 4.68. The molecule has 13 heteroatoms. The van der Waals surface area contributed by atoms with Crippen molar-refractivity contribution in [3.05, 3.63) is 102 Å². The van der Waals surface area contributed by atoms with E-state index in [2.05, 4.69) is 30.6 Å². The lowest BCUT2D eigenvalue weighted by Crippen LogP contribution is -2.14. The molecule has 6 rings (SSSR count). The third kappa shape index (κ3) is 5.47. The van der Waals surface area contributed by atoms with Gasteiger partial charge in [-0.1, -0.05) is 24.3 Å². The molecular weight excluding hydrogens is 559 g/mol. The van der Waals surface area contributed by atoms with Gasteiger partial charge in [-0.3, -0.25) is 9.36 Å². The number of nitrogens with one attached hydrogen (secondary N) is 3. The van der Waals surface area contributed by atoms with E-state index in [4.69, 9.17) is 10.7 Å². The summed E-state index contributed by atoms with van der Waals surface area (Å²) < 4.78 is 43.7. The van der Waals surface area contributed by atoms with E-state index in [1.807, 2.05) is 31.2 Å². The zero-order chi connectivity index (χ0) is 30.3. The van der Waals surface area contributed by atoms with E-state index in [-0.39, 0.29) is 28.3 Å². The molecule has 0 fully saturated rings. The second-order valence-corrected chi connectivity index (χ2v) is 9.80. The SMILES string of the molecule is Cc1nc(-c2ccc(NC(=O)c3ccc(C)c(Nc4nc5ccccc5n4-c4cc(N)ncn4)c3)cc2C(F)(F)F)c[nH]1. The van der Waals surface area contributed by atoms with Gasteiger partial charge in [-0.05, 0) is 55.8 Å². The lowest BCUT2D eigenvalue weighted by molar-refractivity contribution is -0.137. The van der Waals surface area contributed by atoms with Crippen LogP contribution < -0.4 is 16.4 Å². The first-order valence-corrected chi connectivity index (χ1v) is 13.0. The maximum absolute atomic E-state index is 14.0. The van der Waals surface area contributed by atoms with Gasteiger partial charge in [-0.15, -0.1) is 0 Å². The summed E-state index contributed by atoms with van der Waals surface area (Å²) >= 11 is 0. The van der Waals surface area contributed by atoms with Gasteiger partial charge in [0.2, 0.25) is 5.95 Å². The Morgan fingerprint density at radius 3 is 2.53 bits per heavy atom. The van der Waals surface area contributed by atoms with Crippen LogP contribution in [0.15, 0.2) is 79.3 Å². The number of H-pyrrole nitrogens is 1. The smallest absolute Gasteiger partial charge is 0.384 e. The van der Waals surface area contributed by atoms with E-state index in [1.54, 1.807) is 35.8 Å². The van der Waals surface area contributed by atoms with Crippen molar-refractivity contribution in [2.24, 2.45) is 0 Å². The molecule has 0 atom stereocenters.